The molecule has 0 spiro atoms. The van der Waals surface area contributed by atoms with Crippen molar-refractivity contribution in [1.82, 2.24) is 15.6 Å². The van der Waals surface area contributed by atoms with E-state index in [2.05, 4.69) is 15.6 Å². The SMILES string of the molecule is CC[C@H](NC(=O)NCc1ncccc1F)[C@H]1CCCO1. The number of ether oxygens (including phenoxy) is 1. The highest BCUT2D eigenvalue weighted by Crippen LogP contribution is 2.17. The Balaban J connectivity index is 1.81. The van der Waals surface area contributed by atoms with Crippen LogP contribution in [0.5, 0.6) is 0 Å². The van der Waals surface area contributed by atoms with E-state index in [9.17, 15) is 9.18 Å². The normalized spacial score (nSPS) is 19.6. The molecule has 2 heterocycles. The minimum absolute atomic E-state index is 0.00826. The molecule has 110 valence electrons. The number of halogens is 1. The lowest BCUT2D eigenvalue weighted by molar-refractivity contribution is 0.0796. The third-order valence-electron chi connectivity index (χ3n) is 3.42. The largest absolute Gasteiger partial charge is 0.376 e. The highest BCUT2D eigenvalue weighted by atomic mass is 19.1. The summed E-state index contributed by atoms with van der Waals surface area (Å²) in [7, 11) is 0. The second-order valence-corrected chi connectivity index (χ2v) is 4.83. The first-order chi connectivity index (χ1) is 9.70. The van der Waals surface area contributed by atoms with E-state index in [1.54, 1.807) is 0 Å². The van der Waals surface area contributed by atoms with Crippen molar-refractivity contribution in [1.29, 1.82) is 0 Å². The zero-order valence-electron chi connectivity index (χ0n) is 11.6. The lowest BCUT2D eigenvalue weighted by Gasteiger charge is -2.23. The molecule has 2 N–H and O–H groups in total. The average Bonchev–Trinajstić information content (AvgIpc) is 2.98. The zero-order valence-corrected chi connectivity index (χ0v) is 11.6. The van der Waals surface area contributed by atoms with Crippen molar-refractivity contribution in [3.63, 3.8) is 0 Å². The molecule has 0 radical (unpaired) electrons. The van der Waals surface area contributed by atoms with Gasteiger partial charge in [0.05, 0.1) is 24.4 Å². The number of carbonyl (C=O) groups excluding carboxylic acids is 1. The second-order valence-electron chi connectivity index (χ2n) is 4.83. The quantitative estimate of drug-likeness (QED) is 0.867. The van der Waals surface area contributed by atoms with Gasteiger partial charge in [-0.2, -0.15) is 0 Å². The van der Waals surface area contributed by atoms with Crippen molar-refractivity contribution in [2.24, 2.45) is 0 Å². The van der Waals surface area contributed by atoms with Crippen LogP contribution in [0.2, 0.25) is 0 Å². The first-order valence-corrected chi connectivity index (χ1v) is 6.96. The minimum atomic E-state index is -0.418. The molecular formula is C14H20FN3O2. The summed E-state index contributed by atoms with van der Waals surface area (Å²) in [6.07, 6.45) is 4.38. The van der Waals surface area contributed by atoms with Gasteiger partial charge in [-0.25, -0.2) is 9.18 Å². The third kappa shape index (κ3) is 3.90. The first kappa shape index (κ1) is 14.7. The van der Waals surface area contributed by atoms with Crippen LogP contribution in [0.25, 0.3) is 0 Å². The van der Waals surface area contributed by atoms with E-state index < -0.39 is 5.82 Å². The molecule has 1 fully saturated rings. The fourth-order valence-corrected chi connectivity index (χ4v) is 2.31. The third-order valence-corrected chi connectivity index (χ3v) is 3.42. The summed E-state index contributed by atoms with van der Waals surface area (Å²) < 4.78 is 18.9. The number of amides is 2. The van der Waals surface area contributed by atoms with E-state index in [1.165, 1.54) is 18.3 Å². The van der Waals surface area contributed by atoms with E-state index in [4.69, 9.17) is 4.74 Å². The average molecular weight is 281 g/mol. The highest BCUT2D eigenvalue weighted by Gasteiger charge is 2.25. The summed E-state index contributed by atoms with van der Waals surface area (Å²) in [4.78, 5) is 15.7. The van der Waals surface area contributed by atoms with Crippen molar-refractivity contribution >= 4 is 6.03 Å². The monoisotopic (exact) mass is 281 g/mol. The van der Waals surface area contributed by atoms with Crippen molar-refractivity contribution in [2.45, 2.75) is 44.9 Å². The second kappa shape index (κ2) is 7.19. The van der Waals surface area contributed by atoms with Crippen LogP contribution < -0.4 is 10.6 Å². The molecule has 1 aliphatic heterocycles. The lowest BCUT2D eigenvalue weighted by atomic mass is 10.1. The summed E-state index contributed by atoms with van der Waals surface area (Å²) in [6, 6.07) is 2.51. The maximum atomic E-state index is 13.4. The fourth-order valence-electron chi connectivity index (χ4n) is 2.31. The van der Waals surface area contributed by atoms with Crippen LogP contribution in [0.15, 0.2) is 18.3 Å². The molecule has 2 amide bonds. The van der Waals surface area contributed by atoms with Crippen molar-refractivity contribution in [2.75, 3.05) is 6.61 Å². The molecule has 20 heavy (non-hydrogen) atoms. The van der Waals surface area contributed by atoms with Gasteiger partial charge in [-0.3, -0.25) is 4.98 Å². The molecule has 1 aliphatic rings. The van der Waals surface area contributed by atoms with Crippen LogP contribution in [0.1, 0.15) is 31.9 Å². The fraction of sp³-hybridized carbons (Fsp3) is 0.571. The molecule has 1 saturated heterocycles. The van der Waals surface area contributed by atoms with Crippen LogP contribution in [0.3, 0.4) is 0 Å². The van der Waals surface area contributed by atoms with Crippen molar-refractivity contribution in [3.05, 3.63) is 29.8 Å². The minimum Gasteiger partial charge on any atom is -0.376 e. The first-order valence-electron chi connectivity index (χ1n) is 6.96. The van der Waals surface area contributed by atoms with Crippen LogP contribution in [-0.2, 0) is 11.3 Å². The highest BCUT2D eigenvalue weighted by molar-refractivity contribution is 5.74. The lowest BCUT2D eigenvalue weighted by Crippen LogP contribution is -2.47. The molecule has 1 aromatic rings. The van der Waals surface area contributed by atoms with Crippen molar-refractivity contribution in [3.8, 4) is 0 Å². The number of hydrogen-bond acceptors (Lipinski definition) is 3. The van der Waals surface area contributed by atoms with Gasteiger partial charge < -0.3 is 15.4 Å². The predicted molar refractivity (Wildman–Crippen MR) is 72.6 cm³/mol. The molecule has 2 rings (SSSR count). The number of nitrogens with one attached hydrogen (secondary N) is 2. The Kier molecular flexibility index (Phi) is 5.29. The van der Waals surface area contributed by atoms with Gasteiger partial charge in [-0.15, -0.1) is 0 Å². The van der Waals surface area contributed by atoms with Gasteiger partial charge in [0.25, 0.3) is 0 Å². The molecule has 6 heteroatoms. The van der Waals surface area contributed by atoms with Gasteiger partial charge in [-0.05, 0) is 31.4 Å². The molecular weight excluding hydrogens is 261 g/mol. The van der Waals surface area contributed by atoms with Gasteiger partial charge >= 0.3 is 6.03 Å². The summed E-state index contributed by atoms with van der Waals surface area (Å²) in [5.74, 6) is -0.418. The van der Waals surface area contributed by atoms with Crippen LogP contribution in [-0.4, -0.2) is 29.8 Å². The summed E-state index contributed by atoms with van der Waals surface area (Å²) in [5.41, 5.74) is 0.229. The Morgan fingerprint density at radius 1 is 1.65 bits per heavy atom. The van der Waals surface area contributed by atoms with Crippen LogP contribution in [0.4, 0.5) is 9.18 Å². The van der Waals surface area contributed by atoms with E-state index in [0.717, 1.165) is 25.9 Å². The Hall–Kier alpha value is -1.69. The van der Waals surface area contributed by atoms with Crippen LogP contribution in [0, 0.1) is 5.82 Å². The Morgan fingerprint density at radius 3 is 3.15 bits per heavy atom. The molecule has 1 aromatic heterocycles. The number of rotatable bonds is 5. The number of carbonyl (C=O) groups is 1. The van der Waals surface area contributed by atoms with Gasteiger partial charge in [0, 0.05) is 12.8 Å². The van der Waals surface area contributed by atoms with Gasteiger partial charge in [0.15, 0.2) is 0 Å². The molecule has 5 nitrogen and oxygen atoms in total. The molecule has 0 aliphatic carbocycles. The zero-order chi connectivity index (χ0) is 14.4. The molecule has 2 atom stereocenters. The summed E-state index contributed by atoms with van der Waals surface area (Å²) >= 11 is 0. The van der Waals surface area contributed by atoms with Gasteiger partial charge in [0.1, 0.15) is 5.82 Å². The number of aromatic nitrogens is 1. The number of hydrogen-bond donors (Lipinski definition) is 2. The van der Waals surface area contributed by atoms with E-state index >= 15 is 0 Å². The van der Waals surface area contributed by atoms with Gasteiger partial charge in [-0.1, -0.05) is 6.92 Å². The maximum Gasteiger partial charge on any atom is 0.315 e. The molecule has 0 bridgehead atoms. The Bertz CT molecular complexity index is 450. The Labute approximate surface area is 117 Å². The van der Waals surface area contributed by atoms with Crippen molar-refractivity contribution < 1.29 is 13.9 Å². The smallest absolute Gasteiger partial charge is 0.315 e. The van der Waals surface area contributed by atoms with Crippen LogP contribution >= 0.6 is 0 Å². The Morgan fingerprint density at radius 2 is 2.50 bits per heavy atom. The standard InChI is InChI=1S/C14H20FN3O2/c1-2-11(13-6-4-8-20-13)18-14(19)17-9-12-10(15)5-3-7-16-12/h3,5,7,11,13H,2,4,6,8-9H2,1H3,(H2,17,18,19)/t11-,13+/m0/s1. The maximum absolute atomic E-state index is 13.4. The van der Waals surface area contributed by atoms with Gasteiger partial charge in [0.2, 0.25) is 0 Å². The predicted octanol–water partition coefficient (Wildman–Crippen LogP) is 1.98. The molecule has 0 aromatic carbocycles. The number of nitrogens with zero attached hydrogens (tertiary/aromatic N) is 1. The summed E-state index contributed by atoms with van der Waals surface area (Å²) in [5, 5.41) is 5.49. The van der Waals surface area contributed by atoms with E-state index in [0.29, 0.717) is 0 Å². The number of urea groups is 1. The number of pyridine rings is 1. The summed E-state index contributed by atoms with van der Waals surface area (Å²) in [6.45, 7) is 2.83. The molecule has 0 unspecified atom stereocenters. The molecule has 0 saturated carbocycles. The van der Waals surface area contributed by atoms with E-state index in [-0.39, 0.29) is 30.4 Å². The topological polar surface area (TPSA) is 63.2 Å². The van der Waals surface area contributed by atoms with E-state index in [1.807, 2.05) is 6.92 Å².